The Morgan fingerprint density at radius 2 is 1.25 bits per heavy atom. The highest BCUT2D eigenvalue weighted by Crippen LogP contribution is 2.29. The van der Waals surface area contributed by atoms with Crippen molar-refractivity contribution >= 4 is 39.1 Å². The number of fused-ring (bicyclic) bond motifs is 2. The Morgan fingerprint density at radius 3 is 1.94 bits per heavy atom. The standard InChI is InChI=1S/C32H32ClN3/c1-35(2)27-16-12-25(13-17-27)22-36(3)21-24-10-8-23(9-11-24)14-18-28-29-6-4-5-7-31(29)34-32-20-26(33)15-19-30(28)32/h4-13,15-17,19-20H,14,18,21-22H2,1-3H3. The second-order valence-electron chi connectivity index (χ2n) is 9.82. The highest BCUT2D eigenvalue weighted by Gasteiger charge is 2.10. The summed E-state index contributed by atoms with van der Waals surface area (Å²) in [5.74, 6) is 0. The Balaban J connectivity index is 1.26. The van der Waals surface area contributed by atoms with E-state index in [0.29, 0.717) is 0 Å². The lowest BCUT2D eigenvalue weighted by Crippen LogP contribution is -2.17. The van der Waals surface area contributed by atoms with Gasteiger partial charge in [-0.3, -0.25) is 4.90 Å². The van der Waals surface area contributed by atoms with Crippen molar-refractivity contribution in [1.29, 1.82) is 0 Å². The lowest BCUT2D eigenvalue weighted by Gasteiger charge is -2.18. The van der Waals surface area contributed by atoms with Crippen LogP contribution in [0, 0.1) is 0 Å². The molecule has 0 bridgehead atoms. The number of nitrogens with zero attached hydrogens (tertiary/aromatic N) is 3. The predicted molar refractivity (Wildman–Crippen MR) is 154 cm³/mol. The molecule has 1 heterocycles. The van der Waals surface area contributed by atoms with E-state index in [4.69, 9.17) is 16.6 Å². The topological polar surface area (TPSA) is 19.4 Å². The minimum atomic E-state index is 0.724. The van der Waals surface area contributed by atoms with Gasteiger partial charge in [0, 0.05) is 48.7 Å². The molecule has 0 radical (unpaired) electrons. The lowest BCUT2D eigenvalue weighted by atomic mass is 9.96. The molecule has 0 saturated carbocycles. The lowest BCUT2D eigenvalue weighted by molar-refractivity contribution is 0.319. The molecular formula is C32H32ClN3. The number of aryl methyl sites for hydroxylation is 2. The van der Waals surface area contributed by atoms with Crippen LogP contribution in [-0.4, -0.2) is 31.0 Å². The first-order chi connectivity index (χ1) is 17.5. The molecular weight excluding hydrogens is 462 g/mol. The molecule has 4 heteroatoms. The molecule has 0 saturated heterocycles. The van der Waals surface area contributed by atoms with Crippen LogP contribution in [0.1, 0.15) is 22.3 Å². The van der Waals surface area contributed by atoms with Crippen LogP contribution in [0.5, 0.6) is 0 Å². The van der Waals surface area contributed by atoms with Gasteiger partial charge in [-0.25, -0.2) is 4.98 Å². The summed E-state index contributed by atoms with van der Waals surface area (Å²) in [5, 5.41) is 3.14. The van der Waals surface area contributed by atoms with Crippen molar-refractivity contribution in [3.63, 3.8) is 0 Å². The van der Waals surface area contributed by atoms with Gasteiger partial charge in [-0.1, -0.05) is 72.3 Å². The van der Waals surface area contributed by atoms with Crippen LogP contribution >= 0.6 is 11.6 Å². The maximum Gasteiger partial charge on any atom is 0.0727 e. The molecule has 4 aromatic carbocycles. The van der Waals surface area contributed by atoms with E-state index < -0.39 is 0 Å². The van der Waals surface area contributed by atoms with Crippen LogP contribution < -0.4 is 4.90 Å². The SMILES string of the molecule is CN(Cc1ccc(CCc2c3ccccc3nc3cc(Cl)ccc23)cc1)Cc1ccc(N(C)C)cc1. The van der Waals surface area contributed by atoms with Crippen LogP contribution in [0.3, 0.4) is 0 Å². The first-order valence-electron chi connectivity index (χ1n) is 12.5. The summed E-state index contributed by atoms with van der Waals surface area (Å²) < 4.78 is 0. The molecule has 0 N–H and O–H groups in total. The molecule has 0 aliphatic rings. The maximum atomic E-state index is 6.26. The van der Waals surface area contributed by atoms with Gasteiger partial charge in [0.25, 0.3) is 0 Å². The van der Waals surface area contributed by atoms with Crippen molar-refractivity contribution in [2.45, 2.75) is 25.9 Å². The first-order valence-corrected chi connectivity index (χ1v) is 12.8. The average Bonchev–Trinajstić information content (AvgIpc) is 2.87. The molecule has 0 aliphatic heterocycles. The smallest absolute Gasteiger partial charge is 0.0727 e. The van der Waals surface area contributed by atoms with Gasteiger partial charge in [0.1, 0.15) is 0 Å². The molecule has 5 aromatic rings. The largest absolute Gasteiger partial charge is 0.378 e. The molecule has 182 valence electrons. The van der Waals surface area contributed by atoms with Crippen molar-refractivity contribution < 1.29 is 0 Å². The molecule has 0 unspecified atom stereocenters. The number of pyridine rings is 1. The van der Waals surface area contributed by atoms with Gasteiger partial charge in [0.05, 0.1) is 11.0 Å². The Labute approximate surface area is 219 Å². The molecule has 3 nitrogen and oxygen atoms in total. The summed E-state index contributed by atoms with van der Waals surface area (Å²) in [6.45, 7) is 1.86. The van der Waals surface area contributed by atoms with E-state index in [-0.39, 0.29) is 0 Å². The van der Waals surface area contributed by atoms with Gasteiger partial charge < -0.3 is 4.90 Å². The number of hydrogen-bond acceptors (Lipinski definition) is 3. The fourth-order valence-corrected chi connectivity index (χ4v) is 5.05. The van der Waals surface area contributed by atoms with E-state index >= 15 is 0 Å². The van der Waals surface area contributed by atoms with Gasteiger partial charge in [0.2, 0.25) is 0 Å². The Morgan fingerprint density at radius 1 is 0.639 bits per heavy atom. The van der Waals surface area contributed by atoms with E-state index in [9.17, 15) is 0 Å². The third kappa shape index (κ3) is 5.53. The zero-order valence-electron chi connectivity index (χ0n) is 21.2. The number of halogens is 1. The Kier molecular flexibility index (Phi) is 7.22. The second kappa shape index (κ2) is 10.7. The summed E-state index contributed by atoms with van der Waals surface area (Å²) in [5.41, 5.74) is 8.58. The predicted octanol–water partition coefficient (Wildman–Crippen LogP) is 7.52. The third-order valence-electron chi connectivity index (χ3n) is 6.80. The molecule has 0 atom stereocenters. The van der Waals surface area contributed by atoms with Crippen molar-refractivity contribution in [2.75, 3.05) is 26.0 Å². The van der Waals surface area contributed by atoms with Crippen LogP contribution in [0.4, 0.5) is 5.69 Å². The van der Waals surface area contributed by atoms with E-state index in [1.807, 2.05) is 18.2 Å². The highest BCUT2D eigenvalue weighted by atomic mass is 35.5. The highest BCUT2D eigenvalue weighted by molar-refractivity contribution is 6.31. The average molecular weight is 494 g/mol. The van der Waals surface area contributed by atoms with E-state index in [1.54, 1.807) is 0 Å². The third-order valence-corrected chi connectivity index (χ3v) is 7.03. The van der Waals surface area contributed by atoms with Crippen molar-refractivity contribution in [2.24, 2.45) is 0 Å². The van der Waals surface area contributed by atoms with E-state index in [1.165, 1.54) is 38.7 Å². The molecule has 1 aromatic heterocycles. The van der Waals surface area contributed by atoms with Crippen LogP contribution in [0.2, 0.25) is 5.02 Å². The zero-order valence-corrected chi connectivity index (χ0v) is 22.0. The van der Waals surface area contributed by atoms with Gasteiger partial charge in [0.15, 0.2) is 0 Å². The maximum absolute atomic E-state index is 6.26. The second-order valence-corrected chi connectivity index (χ2v) is 10.3. The fraction of sp³-hybridized carbons (Fsp3) is 0.219. The van der Waals surface area contributed by atoms with E-state index in [2.05, 4.69) is 104 Å². The number of hydrogen-bond donors (Lipinski definition) is 0. The normalized spacial score (nSPS) is 11.5. The van der Waals surface area contributed by atoms with Crippen LogP contribution in [-0.2, 0) is 25.9 Å². The minimum Gasteiger partial charge on any atom is -0.378 e. The first kappa shape index (κ1) is 24.3. The summed E-state index contributed by atoms with van der Waals surface area (Å²) in [7, 11) is 6.32. The Hall–Kier alpha value is -3.40. The number of anilines is 1. The van der Waals surface area contributed by atoms with Gasteiger partial charge in [-0.15, -0.1) is 0 Å². The molecule has 0 amide bonds. The number of para-hydroxylation sites is 1. The van der Waals surface area contributed by atoms with Gasteiger partial charge >= 0.3 is 0 Å². The summed E-state index contributed by atoms with van der Waals surface area (Å²) in [4.78, 5) is 9.33. The molecule has 5 rings (SSSR count). The van der Waals surface area contributed by atoms with E-state index in [0.717, 1.165) is 42.0 Å². The summed E-state index contributed by atoms with van der Waals surface area (Å²) in [6, 6.07) is 32.3. The van der Waals surface area contributed by atoms with Crippen molar-refractivity contribution in [3.05, 3.63) is 118 Å². The van der Waals surface area contributed by atoms with Gasteiger partial charge in [-0.2, -0.15) is 0 Å². The quantitative estimate of drug-likeness (QED) is 0.208. The minimum absolute atomic E-state index is 0.724. The van der Waals surface area contributed by atoms with Crippen LogP contribution in [0.15, 0.2) is 91.0 Å². The van der Waals surface area contributed by atoms with Crippen LogP contribution in [0.25, 0.3) is 21.8 Å². The molecule has 0 spiro atoms. The fourth-order valence-electron chi connectivity index (χ4n) is 4.88. The Bertz CT molecular complexity index is 1470. The van der Waals surface area contributed by atoms with Crippen molar-refractivity contribution in [3.8, 4) is 0 Å². The molecule has 36 heavy (non-hydrogen) atoms. The molecule has 0 aliphatic carbocycles. The van der Waals surface area contributed by atoms with Gasteiger partial charge in [-0.05, 0) is 72.5 Å². The summed E-state index contributed by atoms with van der Waals surface area (Å²) in [6.07, 6.45) is 1.95. The summed E-state index contributed by atoms with van der Waals surface area (Å²) >= 11 is 6.26. The monoisotopic (exact) mass is 493 g/mol. The number of rotatable bonds is 8. The zero-order chi connectivity index (χ0) is 25.1. The number of benzene rings is 4. The van der Waals surface area contributed by atoms with Crippen molar-refractivity contribution in [1.82, 2.24) is 9.88 Å². The number of aromatic nitrogens is 1. The molecule has 0 fully saturated rings.